The first-order valence-corrected chi connectivity index (χ1v) is 7.14. The number of hydrogen-bond donors (Lipinski definition) is 2. The van der Waals surface area contributed by atoms with Gasteiger partial charge in [-0.3, -0.25) is 9.78 Å². The lowest BCUT2D eigenvalue weighted by atomic mass is 10.1. The molecule has 0 fully saturated rings. The Morgan fingerprint density at radius 2 is 1.86 bits per heavy atom. The highest BCUT2D eigenvalue weighted by atomic mass is 79.9. The molecule has 0 atom stereocenters. The van der Waals surface area contributed by atoms with Crippen molar-refractivity contribution in [3.8, 4) is 0 Å². The molecule has 1 amide bonds. The summed E-state index contributed by atoms with van der Waals surface area (Å²) in [5.74, 6) is -0.431. The summed E-state index contributed by atoms with van der Waals surface area (Å²) < 4.78 is 0.995. The second-order valence-corrected chi connectivity index (χ2v) is 5.50. The van der Waals surface area contributed by atoms with Crippen LogP contribution >= 0.6 is 15.9 Å². The van der Waals surface area contributed by atoms with Crippen LogP contribution in [0.4, 0.5) is 11.4 Å². The van der Waals surface area contributed by atoms with Gasteiger partial charge in [0.1, 0.15) is 0 Å². The van der Waals surface area contributed by atoms with Crippen molar-refractivity contribution in [3.63, 3.8) is 0 Å². The summed E-state index contributed by atoms with van der Waals surface area (Å²) in [4.78, 5) is 15.4. The van der Waals surface area contributed by atoms with Crippen LogP contribution in [-0.4, -0.2) is 10.9 Å². The highest BCUT2D eigenvalue weighted by Gasteiger charge is 2.04. The van der Waals surface area contributed by atoms with Gasteiger partial charge in [-0.05, 0) is 48.5 Å². The van der Waals surface area contributed by atoms with Crippen molar-refractivity contribution in [1.29, 1.82) is 0 Å². The third-order valence-corrected chi connectivity index (χ3v) is 3.65. The summed E-state index contributed by atoms with van der Waals surface area (Å²) in [6.45, 7) is 0. The van der Waals surface area contributed by atoms with Crippen LogP contribution in [0.3, 0.4) is 0 Å². The van der Waals surface area contributed by atoms with Crippen LogP contribution in [0.2, 0.25) is 0 Å². The number of amides is 1. The third kappa shape index (κ3) is 2.87. The molecule has 5 heteroatoms. The van der Waals surface area contributed by atoms with Gasteiger partial charge in [-0.2, -0.15) is 0 Å². The molecule has 0 aliphatic heterocycles. The van der Waals surface area contributed by atoms with Crippen molar-refractivity contribution >= 4 is 44.1 Å². The van der Waals surface area contributed by atoms with Gasteiger partial charge in [-0.15, -0.1) is 0 Å². The number of carbonyl (C=O) groups excluding carboxylic acids is 1. The molecule has 0 aliphatic carbocycles. The number of nitrogens with two attached hydrogens (primary N) is 1. The number of fused-ring (bicyclic) bond motifs is 1. The zero-order chi connectivity index (χ0) is 14.8. The minimum atomic E-state index is -0.431. The number of rotatable bonds is 3. The maximum Gasteiger partial charge on any atom is 0.248 e. The van der Waals surface area contributed by atoms with Crippen LogP contribution < -0.4 is 11.1 Å². The zero-order valence-electron chi connectivity index (χ0n) is 11.0. The SMILES string of the molecule is NC(=O)c1ccc(Nc2ccnc3ccc(Br)cc23)cc1. The molecular weight excluding hydrogens is 330 g/mol. The average Bonchev–Trinajstić information content (AvgIpc) is 2.48. The quantitative estimate of drug-likeness (QED) is 0.760. The van der Waals surface area contributed by atoms with E-state index in [9.17, 15) is 4.79 Å². The van der Waals surface area contributed by atoms with Gasteiger partial charge in [0.05, 0.1) is 5.52 Å². The van der Waals surface area contributed by atoms with E-state index in [4.69, 9.17) is 5.73 Å². The highest BCUT2D eigenvalue weighted by Crippen LogP contribution is 2.27. The molecule has 0 saturated heterocycles. The largest absolute Gasteiger partial charge is 0.366 e. The Morgan fingerprint density at radius 3 is 2.57 bits per heavy atom. The molecule has 0 radical (unpaired) electrons. The van der Waals surface area contributed by atoms with Gasteiger partial charge < -0.3 is 11.1 Å². The van der Waals surface area contributed by atoms with Crippen LogP contribution in [0, 0.1) is 0 Å². The molecule has 2 aromatic carbocycles. The maximum atomic E-state index is 11.1. The molecule has 0 unspecified atom stereocenters. The molecule has 3 N–H and O–H groups in total. The number of nitrogens with zero attached hydrogens (tertiary/aromatic N) is 1. The smallest absolute Gasteiger partial charge is 0.248 e. The van der Waals surface area contributed by atoms with Gasteiger partial charge in [-0.1, -0.05) is 15.9 Å². The number of nitrogens with one attached hydrogen (secondary N) is 1. The van der Waals surface area contributed by atoms with Crippen LogP contribution in [0.25, 0.3) is 10.9 Å². The monoisotopic (exact) mass is 341 g/mol. The lowest BCUT2D eigenvalue weighted by Gasteiger charge is -2.10. The van der Waals surface area contributed by atoms with Crippen molar-refractivity contribution < 1.29 is 4.79 Å². The predicted octanol–water partition coefficient (Wildman–Crippen LogP) is 3.84. The first-order chi connectivity index (χ1) is 10.1. The standard InChI is InChI=1S/C16H12BrN3O/c17-11-3-6-14-13(9-11)15(7-8-19-14)20-12-4-1-10(2-5-12)16(18)21/h1-9H,(H2,18,21)(H,19,20). The third-order valence-electron chi connectivity index (χ3n) is 3.15. The summed E-state index contributed by atoms with van der Waals surface area (Å²) in [7, 11) is 0. The number of primary amides is 1. The Balaban J connectivity index is 1.97. The molecule has 4 nitrogen and oxygen atoms in total. The summed E-state index contributed by atoms with van der Waals surface area (Å²) in [6, 6.07) is 14.9. The summed E-state index contributed by atoms with van der Waals surface area (Å²) in [6.07, 6.45) is 1.76. The number of aromatic nitrogens is 1. The maximum absolute atomic E-state index is 11.1. The van der Waals surface area contributed by atoms with E-state index in [-0.39, 0.29) is 0 Å². The molecule has 0 aliphatic rings. The second kappa shape index (κ2) is 5.54. The molecule has 3 rings (SSSR count). The fraction of sp³-hybridized carbons (Fsp3) is 0. The molecule has 0 saturated carbocycles. The van der Waals surface area contributed by atoms with Crippen molar-refractivity contribution in [2.24, 2.45) is 5.73 Å². The van der Waals surface area contributed by atoms with E-state index < -0.39 is 5.91 Å². The van der Waals surface area contributed by atoms with E-state index in [1.165, 1.54) is 0 Å². The van der Waals surface area contributed by atoms with E-state index in [0.717, 1.165) is 26.8 Å². The van der Waals surface area contributed by atoms with Crippen LogP contribution in [0.5, 0.6) is 0 Å². The summed E-state index contributed by atoms with van der Waals surface area (Å²) >= 11 is 3.47. The molecule has 104 valence electrons. The van der Waals surface area contributed by atoms with E-state index in [0.29, 0.717) is 5.56 Å². The molecule has 0 spiro atoms. The lowest BCUT2D eigenvalue weighted by Crippen LogP contribution is -2.10. The predicted molar refractivity (Wildman–Crippen MR) is 87.7 cm³/mol. The number of hydrogen-bond acceptors (Lipinski definition) is 3. The Kier molecular flexibility index (Phi) is 3.58. The fourth-order valence-corrected chi connectivity index (χ4v) is 2.46. The Bertz CT molecular complexity index is 815. The number of anilines is 2. The number of halogens is 1. The Labute approximate surface area is 130 Å². The Hall–Kier alpha value is -2.40. The van der Waals surface area contributed by atoms with Gasteiger partial charge in [0.15, 0.2) is 0 Å². The van der Waals surface area contributed by atoms with Crippen LogP contribution in [0.15, 0.2) is 59.2 Å². The van der Waals surface area contributed by atoms with Crippen molar-refractivity contribution in [2.45, 2.75) is 0 Å². The second-order valence-electron chi connectivity index (χ2n) is 4.59. The minimum Gasteiger partial charge on any atom is -0.366 e. The average molecular weight is 342 g/mol. The normalized spacial score (nSPS) is 10.5. The van der Waals surface area contributed by atoms with Crippen LogP contribution in [0.1, 0.15) is 10.4 Å². The Morgan fingerprint density at radius 1 is 1.10 bits per heavy atom. The zero-order valence-corrected chi connectivity index (χ0v) is 12.6. The molecule has 21 heavy (non-hydrogen) atoms. The lowest BCUT2D eigenvalue weighted by molar-refractivity contribution is 0.100. The first-order valence-electron chi connectivity index (χ1n) is 6.34. The number of carbonyl (C=O) groups is 1. The topological polar surface area (TPSA) is 68.0 Å². The highest BCUT2D eigenvalue weighted by molar-refractivity contribution is 9.10. The van der Waals surface area contributed by atoms with Gasteiger partial charge in [0, 0.05) is 33.0 Å². The van der Waals surface area contributed by atoms with Gasteiger partial charge in [0.25, 0.3) is 0 Å². The van der Waals surface area contributed by atoms with Gasteiger partial charge in [0.2, 0.25) is 5.91 Å². The molecule has 1 heterocycles. The van der Waals surface area contributed by atoms with E-state index in [2.05, 4.69) is 26.2 Å². The summed E-state index contributed by atoms with van der Waals surface area (Å²) in [5.41, 5.74) is 8.47. The number of pyridine rings is 1. The molecule has 3 aromatic rings. The molecule has 1 aromatic heterocycles. The van der Waals surface area contributed by atoms with Gasteiger partial charge in [-0.25, -0.2) is 0 Å². The molecular formula is C16H12BrN3O. The van der Waals surface area contributed by atoms with Crippen molar-refractivity contribution in [3.05, 3.63) is 64.8 Å². The van der Waals surface area contributed by atoms with E-state index >= 15 is 0 Å². The number of benzene rings is 2. The van der Waals surface area contributed by atoms with Crippen molar-refractivity contribution in [1.82, 2.24) is 4.98 Å². The first kappa shape index (κ1) is 13.6. The van der Waals surface area contributed by atoms with E-state index in [1.807, 2.05) is 36.4 Å². The molecule has 0 bridgehead atoms. The fourth-order valence-electron chi connectivity index (χ4n) is 2.10. The van der Waals surface area contributed by atoms with Crippen LogP contribution in [-0.2, 0) is 0 Å². The summed E-state index contributed by atoms with van der Waals surface area (Å²) in [5, 5.41) is 4.35. The van der Waals surface area contributed by atoms with Gasteiger partial charge >= 0.3 is 0 Å². The van der Waals surface area contributed by atoms with E-state index in [1.54, 1.807) is 18.3 Å². The minimum absolute atomic E-state index is 0.431. The van der Waals surface area contributed by atoms with Crippen molar-refractivity contribution in [2.75, 3.05) is 5.32 Å².